The summed E-state index contributed by atoms with van der Waals surface area (Å²) >= 11 is 0. The average molecular weight is 220 g/mol. The Morgan fingerprint density at radius 1 is 1.25 bits per heavy atom. The van der Waals surface area contributed by atoms with Gasteiger partial charge in [0.05, 0.1) is 5.69 Å². The monoisotopic (exact) mass is 220 g/mol. The van der Waals surface area contributed by atoms with Gasteiger partial charge in [-0.1, -0.05) is 12.1 Å². The molecular formula is C10H12N4O2. The van der Waals surface area contributed by atoms with Gasteiger partial charge >= 0.3 is 11.4 Å². The topological polar surface area (TPSA) is 96.7 Å². The van der Waals surface area contributed by atoms with E-state index >= 15 is 0 Å². The summed E-state index contributed by atoms with van der Waals surface area (Å²) in [5, 5.41) is 4.48. The number of nitrogens with one attached hydrogen (secondary N) is 2. The van der Waals surface area contributed by atoms with Gasteiger partial charge in [-0.2, -0.15) is 0 Å². The highest BCUT2D eigenvalue weighted by atomic mass is 16.2. The number of rotatable bonds is 2. The molecule has 0 saturated heterocycles. The van der Waals surface area contributed by atoms with Crippen molar-refractivity contribution in [1.29, 1.82) is 0 Å². The molecule has 4 N–H and O–H groups in total. The first-order valence-electron chi connectivity index (χ1n) is 4.83. The lowest BCUT2D eigenvalue weighted by Gasteiger charge is -2.06. The minimum absolute atomic E-state index is 0.365. The van der Waals surface area contributed by atoms with E-state index in [4.69, 9.17) is 5.73 Å². The van der Waals surface area contributed by atoms with Crippen molar-refractivity contribution in [2.24, 2.45) is 5.73 Å². The van der Waals surface area contributed by atoms with E-state index in [9.17, 15) is 9.59 Å². The van der Waals surface area contributed by atoms with Crippen LogP contribution in [0.25, 0.3) is 5.69 Å². The van der Waals surface area contributed by atoms with Crippen LogP contribution in [0.15, 0.2) is 27.8 Å². The molecule has 0 amide bonds. The standard InChI is InChI=1S/C10H12N4O2/c1-6-2-3-7(5-11)4-8(6)14-9(15)12-13-10(14)16/h2-4H,5,11H2,1H3,(H,12,15)(H,13,16). The largest absolute Gasteiger partial charge is 0.348 e. The van der Waals surface area contributed by atoms with Gasteiger partial charge in [-0.05, 0) is 24.1 Å². The molecule has 84 valence electrons. The smallest absolute Gasteiger partial charge is 0.326 e. The molecular weight excluding hydrogens is 208 g/mol. The second-order valence-electron chi connectivity index (χ2n) is 3.52. The maximum atomic E-state index is 11.4. The SMILES string of the molecule is Cc1ccc(CN)cc1-n1c(=O)[nH][nH]c1=O. The van der Waals surface area contributed by atoms with Crippen LogP contribution in [0.5, 0.6) is 0 Å². The zero-order valence-corrected chi connectivity index (χ0v) is 8.78. The Labute approximate surface area is 90.7 Å². The second-order valence-corrected chi connectivity index (χ2v) is 3.52. The first-order chi connectivity index (χ1) is 7.63. The minimum atomic E-state index is -0.484. The van der Waals surface area contributed by atoms with E-state index in [0.717, 1.165) is 15.7 Å². The van der Waals surface area contributed by atoms with Crippen molar-refractivity contribution in [3.8, 4) is 5.69 Å². The summed E-state index contributed by atoms with van der Waals surface area (Å²) in [5.74, 6) is 0. The van der Waals surface area contributed by atoms with Gasteiger partial charge in [0.15, 0.2) is 0 Å². The highest BCUT2D eigenvalue weighted by Crippen LogP contribution is 2.12. The van der Waals surface area contributed by atoms with Gasteiger partial charge < -0.3 is 5.73 Å². The number of nitrogens with two attached hydrogens (primary N) is 1. The number of hydrogen-bond donors (Lipinski definition) is 3. The first kappa shape index (κ1) is 10.4. The second kappa shape index (κ2) is 3.82. The van der Waals surface area contributed by atoms with E-state index in [1.54, 1.807) is 6.07 Å². The predicted molar refractivity (Wildman–Crippen MR) is 59.6 cm³/mol. The molecule has 1 aromatic carbocycles. The summed E-state index contributed by atoms with van der Waals surface area (Å²) in [6.45, 7) is 2.19. The lowest BCUT2D eigenvalue weighted by Crippen LogP contribution is -2.25. The number of nitrogens with zero attached hydrogens (tertiary/aromatic N) is 1. The van der Waals surface area contributed by atoms with Crippen molar-refractivity contribution < 1.29 is 0 Å². The highest BCUT2D eigenvalue weighted by Gasteiger charge is 2.08. The molecule has 0 fully saturated rings. The molecule has 2 aromatic rings. The molecule has 2 rings (SSSR count). The molecule has 0 bridgehead atoms. The van der Waals surface area contributed by atoms with Crippen LogP contribution in [0.4, 0.5) is 0 Å². The normalized spacial score (nSPS) is 10.6. The van der Waals surface area contributed by atoms with Crippen molar-refractivity contribution >= 4 is 0 Å². The van der Waals surface area contributed by atoms with E-state index in [-0.39, 0.29) is 0 Å². The maximum absolute atomic E-state index is 11.4. The molecule has 16 heavy (non-hydrogen) atoms. The third-order valence-corrected chi connectivity index (χ3v) is 2.43. The van der Waals surface area contributed by atoms with Gasteiger partial charge in [-0.3, -0.25) is 0 Å². The first-order valence-corrected chi connectivity index (χ1v) is 4.83. The third-order valence-electron chi connectivity index (χ3n) is 2.43. The van der Waals surface area contributed by atoms with Gasteiger partial charge in [-0.15, -0.1) is 0 Å². The Bertz CT molecular complexity index is 593. The number of benzene rings is 1. The molecule has 0 spiro atoms. The fourth-order valence-corrected chi connectivity index (χ4v) is 1.55. The minimum Gasteiger partial charge on any atom is -0.326 e. The zero-order valence-electron chi connectivity index (χ0n) is 8.78. The summed E-state index contributed by atoms with van der Waals surface area (Å²) in [6, 6.07) is 5.43. The number of H-pyrrole nitrogens is 2. The van der Waals surface area contributed by atoms with Crippen LogP contribution in [-0.4, -0.2) is 14.8 Å². The van der Waals surface area contributed by atoms with Crippen molar-refractivity contribution in [2.75, 3.05) is 0 Å². The summed E-state index contributed by atoms with van der Waals surface area (Å²) in [7, 11) is 0. The lowest BCUT2D eigenvalue weighted by atomic mass is 10.1. The average Bonchev–Trinajstić information content (AvgIpc) is 2.60. The number of aromatic nitrogens is 3. The van der Waals surface area contributed by atoms with E-state index in [1.165, 1.54) is 0 Å². The number of hydrogen-bond acceptors (Lipinski definition) is 3. The summed E-state index contributed by atoms with van der Waals surface area (Å²) in [5.41, 5.74) is 6.81. The van der Waals surface area contributed by atoms with Crippen LogP contribution in [0.1, 0.15) is 11.1 Å². The van der Waals surface area contributed by atoms with Crippen molar-refractivity contribution in [2.45, 2.75) is 13.5 Å². The van der Waals surface area contributed by atoms with Crippen LogP contribution in [0, 0.1) is 6.92 Å². The van der Waals surface area contributed by atoms with Crippen molar-refractivity contribution in [3.05, 3.63) is 50.3 Å². The molecule has 1 aromatic heterocycles. The Morgan fingerprint density at radius 2 is 1.88 bits per heavy atom. The number of aromatic amines is 2. The van der Waals surface area contributed by atoms with Gasteiger partial charge in [0.25, 0.3) is 0 Å². The fourth-order valence-electron chi connectivity index (χ4n) is 1.55. The zero-order chi connectivity index (χ0) is 11.7. The highest BCUT2D eigenvalue weighted by molar-refractivity contribution is 5.42. The van der Waals surface area contributed by atoms with E-state index < -0.39 is 11.4 Å². The molecule has 0 aliphatic rings. The van der Waals surface area contributed by atoms with E-state index in [0.29, 0.717) is 12.2 Å². The fraction of sp³-hybridized carbons (Fsp3) is 0.200. The molecule has 0 atom stereocenters. The molecule has 6 nitrogen and oxygen atoms in total. The Balaban J connectivity index is 2.73. The van der Waals surface area contributed by atoms with Crippen molar-refractivity contribution in [3.63, 3.8) is 0 Å². The summed E-state index contributed by atoms with van der Waals surface area (Å²) in [6.07, 6.45) is 0. The van der Waals surface area contributed by atoms with Crippen molar-refractivity contribution in [1.82, 2.24) is 14.8 Å². The molecule has 0 aliphatic carbocycles. The molecule has 0 saturated carbocycles. The maximum Gasteiger partial charge on any atom is 0.348 e. The van der Waals surface area contributed by atoms with E-state index in [2.05, 4.69) is 10.2 Å². The van der Waals surface area contributed by atoms with Gasteiger partial charge in [0.2, 0.25) is 0 Å². The molecule has 0 radical (unpaired) electrons. The summed E-state index contributed by atoms with van der Waals surface area (Å²) < 4.78 is 1.05. The van der Waals surface area contributed by atoms with Gasteiger partial charge in [0, 0.05) is 6.54 Å². The third kappa shape index (κ3) is 1.59. The number of aryl methyl sites for hydroxylation is 1. The Kier molecular flexibility index (Phi) is 2.49. The van der Waals surface area contributed by atoms with Crippen LogP contribution < -0.4 is 17.1 Å². The molecule has 6 heteroatoms. The Hall–Kier alpha value is -2.08. The van der Waals surface area contributed by atoms with Gasteiger partial charge in [-0.25, -0.2) is 24.4 Å². The van der Waals surface area contributed by atoms with Crippen LogP contribution in [0.3, 0.4) is 0 Å². The Morgan fingerprint density at radius 3 is 2.44 bits per heavy atom. The van der Waals surface area contributed by atoms with Crippen LogP contribution in [0.2, 0.25) is 0 Å². The molecule has 0 aliphatic heterocycles. The van der Waals surface area contributed by atoms with Crippen LogP contribution in [-0.2, 0) is 6.54 Å². The quantitative estimate of drug-likeness (QED) is 0.643. The van der Waals surface area contributed by atoms with Crippen LogP contribution >= 0.6 is 0 Å². The summed E-state index contributed by atoms with van der Waals surface area (Å²) in [4.78, 5) is 22.9. The molecule has 0 unspecified atom stereocenters. The van der Waals surface area contributed by atoms with Gasteiger partial charge in [0.1, 0.15) is 0 Å². The van der Waals surface area contributed by atoms with E-state index in [1.807, 2.05) is 19.1 Å². The predicted octanol–water partition coefficient (Wildman–Crippen LogP) is -0.379. The molecule has 1 heterocycles. The lowest BCUT2D eigenvalue weighted by molar-refractivity contribution is 0.932.